The monoisotopic (exact) mass is 524 g/mol. The molecule has 38 heavy (non-hydrogen) atoms. The van der Waals surface area contributed by atoms with Gasteiger partial charge in [-0.05, 0) is 79.7 Å². The smallest absolute Gasteiger partial charge is 0.201 e. The summed E-state index contributed by atoms with van der Waals surface area (Å²) < 4.78 is 64.1. The fraction of sp³-hybridized carbons (Fsp3) is 0.312. The van der Waals surface area contributed by atoms with Crippen molar-refractivity contribution in [1.82, 2.24) is 0 Å². The Morgan fingerprint density at radius 2 is 1.58 bits per heavy atom. The fourth-order valence-electron chi connectivity index (χ4n) is 5.01. The van der Waals surface area contributed by atoms with Crippen LogP contribution in [-0.4, -0.2) is 17.8 Å². The summed E-state index contributed by atoms with van der Waals surface area (Å²) in [5.41, 5.74) is 1.79. The van der Waals surface area contributed by atoms with E-state index < -0.39 is 23.3 Å². The molecule has 1 atom stereocenters. The van der Waals surface area contributed by atoms with E-state index in [1.54, 1.807) is 55.5 Å². The van der Waals surface area contributed by atoms with Gasteiger partial charge in [0.1, 0.15) is 0 Å². The first kappa shape index (κ1) is 27.6. The molecule has 0 radical (unpaired) electrons. The predicted octanol–water partition coefficient (Wildman–Crippen LogP) is 8.69. The number of halogens is 4. The van der Waals surface area contributed by atoms with E-state index in [1.165, 1.54) is 18.2 Å². The van der Waals surface area contributed by atoms with Gasteiger partial charge in [0.25, 0.3) is 0 Å². The molecule has 1 aliphatic carbocycles. The SMILES string of the molecule is C=CCCOc1ccc(-c2ccc(/C=C/c3ccc(C4CCC(C(C)O)CC4)c(F)c3F)cc2)c(F)c1F. The molecule has 4 rings (SSSR count). The van der Waals surface area contributed by atoms with E-state index in [9.17, 15) is 22.7 Å². The van der Waals surface area contributed by atoms with E-state index in [2.05, 4.69) is 6.58 Å². The number of rotatable bonds is 9. The van der Waals surface area contributed by atoms with Crippen LogP contribution in [0.15, 0.2) is 61.2 Å². The van der Waals surface area contributed by atoms with Crippen molar-refractivity contribution in [1.29, 1.82) is 0 Å². The maximum atomic E-state index is 14.9. The summed E-state index contributed by atoms with van der Waals surface area (Å²) in [6.07, 6.45) is 7.95. The number of benzene rings is 3. The number of ether oxygens (including phenoxy) is 1. The Morgan fingerprint density at radius 1 is 0.868 bits per heavy atom. The summed E-state index contributed by atoms with van der Waals surface area (Å²) in [6.45, 7) is 5.55. The Labute approximate surface area is 221 Å². The zero-order chi connectivity index (χ0) is 27.2. The van der Waals surface area contributed by atoms with E-state index in [1.807, 2.05) is 0 Å². The van der Waals surface area contributed by atoms with Crippen LogP contribution in [0, 0.1) is 29.2 Å². The van der Waals surface area contributed by atoms with Gasteiger partial charge in [-0.3, -0.25) is 0 Å². The molecule has 2 nitrogen and oxygen atoms in total. The zero-order valence-corrected chi connectivity index (χ0v) is 21.4. The summed E-state index contributed by atoms with van der Waals surface area (Å²) in [5, 5.41) is 9.78. The second-order valence-corrected chi connectivity index (χ2v) is 9.84. The van der Waals surface area contributed by atoms with Gasteiger partial charge in [0.2, 0.25) is 5.82 Å². The van der Waals surface area contributed by atoms with Crippen molar-refractivity contribution in [2.75, 3.05) is 6.61 Å². The van der Waals surface area contributed by atoms with Crippen molar-refractivity contribution in [2.24, 2.45) is 5.92 Å². The van der Waals surface area contributed by atoms with Crippen LogP contribution in [0.1, 0.15) is 61.6 Å². The molecule has 0 amide bonds. The van der Waals surface area contributed by atoms with Crippen molar-refractivity contribution >= 4 is 12.2 Å². The van der Waals surface area contributed by atoms with E-state index in [0.717, 1.165) is 25.7 Å². The van der Waals surface area contributed by atoms with Gasteiger partial charge in [0.05, 0.1) is 12.7 Å². The van der Waals surface area contributed by atoms with Crippen LogP contribution in [0.3, 0.4) is 0 Å². The summed E-state index contributed by atoms with van der Waals surface area (Å²) in [4.78, 5) is 0. The molecule has 0 saturated heterocycles. The largest absolute Gasteiger partial charge is 0.490 e. The Bertz CT molecular complexity index is 1290. The summed E-state index contributed by atoms with van der Waals surface area (Å²) in [7, 11) is 0. The van der Waals surface area contributed by atoms with Gasteiger partial charge in [0, 0.05) is 11.1 Å². The number of aliphatic hydroxyl groups excluding tert-OH is 1. The molecule has 1 N–H and O–H groups in total. The molecule has 0 spiro atoms. The second-order valence-electron chi connectivity index (χ2n) is 9.84. The quantitative estimate of drug-likeness (QED) is 0.131. The molecule has 0 aliphatic heterocycles. The number of hydrogen-bond donors (Lipinski definition) is 1. The molecule has 1 unspecified atom stereocenters. The molecule has 6 heteroatoms. The first-order valence-corrected chi connectivity index (χ1v) is 13.0. The van der Waals surface area contributed by atoms with Gasteiger partial charge in [-0.25, -0.2) is 13.2 Å². The molecule has 0 bridgehead atoms. The highest BCUT2D eigenvalue weighted by Gasteiger charge is 2.28. The Hall–Kier alpha value is -3.38. The highest BCUT2D eigenvalue weighted by Crippen LogP contribution is 2.39. The molecule has 3 aromatic rings. The van der Waals surface area contributed by atoms with Crippen molar-refractivity contribution in [3.05, 3.63) is 101 Å². The number of aliphatic hydroxyl groups is 1. The summed E-state index contributed by atoms with van der Waals surface area (Å²) in [6, 6.07) is 12.8. The first-order valence-electron chi connectivity index (χ1n) is 13.0. The lowest BCUT2D eigenvalue weighted by Gasteiger charge is -2.30. The van der Waals surface area contributed by atoms with Crippen LogP contribution in [-0.2, 0) is 0 Å². The molecule has 1 fully saturated rings. The van der Waals surface area contributed by atoms with Crippen molar-refractivity contribution < 1.29 is 27.4 Å². The van der Waals surface area contributed by atoms with Crippen molar-refractivity contribution in [3.63, 3.8) is 0 Å². The van der Waals surface area contributed by atoms with E-state index >= 15 is 0 Å². The minimum absolute atomic E-state index is 0.0527. The molecular formula is C32H32F4O2. The second kappa shape index (κ2) is 12.4. The minimum Gasteiger partial charge on any atom is -0.490 e. The zero-order valence-electron chi connectivity index (χ0n) is 21.4. The topological polar surface area (TPSA) is 29.5 Å². The van der Waals surface area contributed by atoms with Crippen LogP contribution in [0.2, 0.25) is 0 Å². The third-order valence-corrected chi connectivity index (χ3v) is 7.34. The molecule has 1 saturated carbocycles. The summed E-state index contributed by atoms with van der Waals surface area (Å²) >= 11 is 0. The average Bonchev–Trinajstić information content (AvgIpc) is 2.92. The maximum absolute atomic E-state index is 14.9. The third kappa shape index (κ3) is 6.18. The van der Waals surface area contributed by atoms with Gasteiger partial charge in [-0.2, -0.15) is 4.39 Å². The predicted molar refractivity (Wildman–Crippen MR) is 144 cm³/mol. The van der Waals surface area contributed by atoms with Crippen LogP contribution >= 0.6 is 0 Å². The van der Waals surface area contributed by atoms with Crippen LogP contribution < -0.4 is 4.74 Å². The van der Waals surface area contributed by atoms with E-state index in [4.69, 9.17) is 4.74 Å². The van der Waals surface area contributed by atoms with E-state index in [-0.39, 0.29) is 41.4 Å². The van der Waals surface area contributed by atoms with Gasteiger partial charge in [0.15, 0.2) is 23.2 Å². The van der Waals surface area contributed by atoms with E-state index in [0.29, 0.717) is 23.1 Å². The van der Waals surface area contributed by atoms with Gasteiger partial charge in [-0.1, -0.05) is 54.6 Å². The number of hydrogen-bond acceptors (Lipinski definition) is 2. The highest BCUT2D eigenvalue weighted by molar-refractivity contribution is 5.73. The average molecular weight is 525 g/mol. The Morgan fingerprint density at radius 3 is 2.24 bits per heavy atom. The molecule has 1 aliphatic rings. The molecule has 0 heterocycles. The normalized spacial score (nSPS) is 18.5. The van der Waals surface area contributed by atoms with Crippen LogP contribution in [0.5, 0.6) is 5.75 Å². The summed E-state index contributed by atoms with van der Waals surface area (Å²) in [5.74, 6) is -3.75. The molecule has 0 aromatic heterocycles. The Kier molecular flexibility index (Phi) is 9.05. The van der Waals surface area contributed by atoms with Gasteiger partial charge >= 0.3 is 0 Å². The van der Waals surface area contributed by atoms with Crippen LogP contribution in [0.4, 0.5) is 17.6 Å². The first-order chi connectivity index (χ1) is 18.3. The maximum Gasteiger partial charge on any atom is 0.201 e. The lowest BCUT2D eigenvalue weighted by atomic mass is 9.76. The molecule has 3 aromatic carbocycles. The van der Waals surface area contributed by atoms with Gasteiger partial charge in [-0.15, -0.1) is 6.58 Å². The van der Waals surface area contributed by atoms with Crippen molar-refractivity contribution in [3.8, 4) is 16.9 Å². The standard InChI is InChI=1S/C32H32F4O2/c1-3-4-19-38-28-18-17-27(31(35)32(28)36)23-8-5-21(6-9-23)7-10-25-15-16-26(30(34)29(25)33)24-13-11-22(12-14-24)20(2)37/h3,5-10,15-18,20,22,24,37H,1,4,11-14,19H2,2H3/b10-7+. The fourth-order valence-corrected chi connectivity index (χ4v) is 5.01. The molecular weight excluding hydrogens is 492 g/mol. The van der Waals surface area contributed by atoms with Gasteiger partial charge < -0.3 is 9.84 Å². The van der Waals surface area contributed by atoms with Crippen molar-refractivity contribution in [2.45, 2.75) is 51.0 Å². The van der Waals surface area contributed by atoms with Crippen LogP contribution in [0.25, 0.3) is 23.3 Å². The minimum atomic E-state index is -1.05. The molecule has 200 valence electrons. The third-order valence-electron chi connectivity index (χ3n) is 7.34. The highest BCUT2D eigenvalue weighted by atomic mass is 19.2. The Balaban J connectivity index is 1.45. The lowest BCUT2D eigenvalue weighted by molar-refractivity contribution is 0.0963. The lowest BCUT2D eigenvalue weighted by Crippen LogP contribution is -2.23.